The Bertz CT molecular complexity index is 1320. The lowest BCUT2D eigenvalue weighted by Crippen LogP contribution is -2.50. The Kier molecular flexibility index (Phi) is 7.37. The molecule has 9 heteroatoms. The minimum Gasteiger partial charge on any atom is -0.336 e. The van der Waals surface area contributed by atoms with Gasteiger partial charge in [-0.3, -0.25) is 4.79 Å². The summed E-state index contributed by atoms with van der Waals surface area (Å²) >= 11 is 0. The number of anilines is 1. The van der Waals surface area contributed by atoms with Crippen molar-refractivity contribution in [1.29, 1.82) is 0 Å². The van der Waals surface area contributed by atoms with Gasteiger partial charge < -0.3 is 15.5 Å². The highest BCUT2D eigenvalue weighted by molar-refractivity contribution is 7.89. The molecule has 0 bridgehead atoms. The minimum absolute atomic E-state index is 0.0486. The van der Waals surface area contributed by atoms with Crippen LogP contribution in [0.1, 0.15) is 37.0 Å². The molecule has 0 atom stereocenters. The van der Waals surface area contributed by atoms with Gasteiger partial charge in [0.05, 0.1) is 4.90 Å². The molecule has 1 heterocycles. The van der Waals surface area contributed by atoms with Gasteiger partial charge in [0.1, 0.15) is 0 Å². The van der Waals surface area contributed by atoms with Gasteiger partial charge in [-0.25, -0.2) is 17.9 Å². The molecule has 3 N–H and O–H groups in total. The number of sulfonamides is 1. The molecule has 3 aromatic carbocycles. The van der Waals surface area contributed by atoms with E-state index in [1.807, 2.05) is 26.0 Å². The van der Waals surface area contributed by atoms with E-state index in [1.165, 1.54) is 6.07 Å². The molecule has 0 saturated carbocycles. The molecule has 3 aromatic rings. The summed E-state index contributed by atoms with van der Waals surface area (Å²) in [6, 6.07) is 18.8. The zero-order valence-corrected chi connectivity index (χ0v) is 20.6. The van der Waals surface area contributed by atoms with Crippen LogP contribution in [0, 0.1) is 0 Å². The van der Waals surface area contributed by atoms with Gasteiger partial charge in [-0.1, -0.05) is 42.5 Å². The number of hydrogen-bond donors (Lipinski definition) is 3. The maximum absolute atomic E-state index is 13.3. The van der Waals surface area contributed by atoms with Crippen LogP contribution in [0.2, 0.25) is 0 Å². The Labute approximate surface area is 205 Å². The summed E-state index contributed by atoms with van der Waals surface area (Å²) < 4.78 is 29.5. The molecule has 0 spiro atoms. The molecule has 3 amide bonds. The maximum Gasteiger partial charge on any atom is 0.317 e. The van der Waals surface area contributed by atoms with Gasteiger partial charge in [-0.05, 0) is 51.0 Å². The van der Waals surface area contributed by atoms with E-state index >= 15 is 0 Å². The monoisotopic (exact) mass is 494 g/mol. The van der Waals surface area contributed by atoms with E-state index in [-0.39, 0.29) is 28.9 Å². The number of piperidine rings is 1. The molecule has 1 aliphatic heterocycles. The molecular weight excluding hydrogens is 464 g/mol. The lowest BCUT2D eigenvalue weighted by Gasteiger charge is -2.32. The third-order valence-corrected chi connectivity index (χ3v) is 7.55. The van der Waals surface area contributed by atoms with Crippen LogP contribution < -0.4 is 15.4 Å². The third-order valence-electron chi connectivity index (χ3n) is 5.97. The van der Waals surface area contributed by atoms with Crippen molar-refractivity contribution in [2.24, 2.45) is 0 Å². The quantitative estimate of drug-likeness (QED) is 0.482. The van der Waals surface area contributed by atoms with Crippen molar-refractivity contribution in [3.8, 4) is 0 Å². The highest BCUT2D eigenvalue weighted by Gasteiger charge is 2.28. The van der Waals surface area contributed by atoms with Crippen LogP contribution in [-0.4, -0.2) is 50.4 Å². The van der Waals surface area contributed by atoms with Crippen molar-refractivity contribution in [3.05, 3.63) is 72.3 Å². The zero-order chi connectivity index (χ0) is 25.0. The van der Waals surface area contributed by atoms with Crippen molar-refractivity contribution < 1.29 is 18.0 Å². The summed E-state index contributed by atoms with van der Waals surface area (Å²) in [6.07, 6.45) is 1.07. The number of carbonyl (C=O) groups is 2. The SMILES string of the molecule is CC(C)NC(=O)N1CCC(NS(=O)(=O)c2ccc(NC(=O)c3ccccc3)c3ccccc23)CC1. The fraction of sp³-hybridized carbons (Fsp3) is 0.308. The fourth-order valence-corrected chi connectivity index (χ4v) is 5.74. The zero-order valence-electron chi connectivity index (χ0n) is 19.8. The molecule has 4 rings (SSSR count). The average molecular weight is 495 g/mol. The normalized spacial score (nSPS) is 14.8. The molecule has 0 radical (unpaired) electrons. The third kappa shape index (κ3) is 5.80. The lowest BCUT2D eigenvalue weighted by molar-refractivity contribution is 0.102. The van der Waals surface area contributed by atoms with Gasteiger partial charge in [0, 0.05) is 47.2 Å². The van der Waals surface area contributed by atoms with Gasteiger partial charge in [0.15, 0.2) is 0 Å². The largest absolute Gasteiger partial charge is 0.336 e. The Morgan fingerprint density at radius 2 is 1.51 bits per heavy atom. The van der Waals surface area contributed by atoms with E-state index in [0.717, 1.165) is 0 Å². The summed E-state index contributed by atoms with van der Waals surface area (Å²) in [7, 11) is -3.82. The van der Waals surface area contributed by atoms with Gasteiger partial charge in [0.2, 0.25) is 10.0 Å². The number of benzene rings is 3. The van der Waals surface area contributed by atoms with Gasteiger partial charge >= 0.3 is 6.03 Å². The number of rotatable bonds is 6. The molecule has 0 unspecified atom stereocenters. The predicted molar refractivity (Wildman–Crippen MR) is 137 cm³/mol. The number of nitrogens with one attached hydrogen (secondary N) is 3. The van der Waals surface area contributed by atoms with Gasteiger partial charge in [-0.2, -0.15) is 0 Å². The van der Waals surface area contributed by atoms with E-state index in [2.05, 4.69) is 15.4 Å². The highest BCUT2D eigenvalue weighted by Crippen LogP contribution is 2.30. The molecule has 0 aliphatic carbocycles. The van der Waals surface area contributed by atoms with Crippen molar-refractivity contribution in [1.82, 2.24) is 14.9 Å². The lowest BCUT2D eigenvalue weighted by atomic mass is 10.1. The summed E-state index contributed by atoms with van der Waals surface area (Å²) in [5.74, 6) is -0.266. The molecule has 1 saturated heterocycles. The van der Waals surface area contributed by atoms with Crippen LogP contribution in [0.15, 0.2) is 71.6 Å². The first-order chi connectivity index (χ1) is 16.7. The summed E-state index contributed by atoms with van der Waals surface area (Å²) in [4.78, 5) is 26.7. The van der Waals surface area contributed by atoms with Crippen LogP contribution in [0.25, 0.3) is 10.8 Å². The van der Waals surface area contributed by atoms with Crippen molar-refractivity contribution in [2.75, 3.05) is 18.4 Å². The van der Waals surface area contributed by atoms with Crippen molar-refractivity contribution in [2.45, 2.75) is 43.7 Å². The highest BCUT2D eigenvalue weighted by atomic mass is 32.2. The molecule has 0 aromatic heterocycles. The Balaban J connectivity index is 1.51. The maximum atomic E-state index is 13.3. The summed E-state index contributed by atoms with van der Waals surface area (Å²) in [5, 5.41) is 6.93. The first kappa shape index (κ1) is 24.7. The average Bonchev–Trinajstić information content (AvgIpc) is 2.84. The van der Waals surface area contributed by atoms with Crippen LogP contribution in [0.3, 0.4) is 0 Å². The topological polar surface area (TPSA) is 108 Å². The second-order valence-electron chi connectivity index (χ2n) is 8.96. The van der Waals surface area contributed by atoms with E-state index in [1.54, 1.807) is 53.4 Å². The molecule has 8 nitrogen and oxygen atoms in total. The Morgan fingerprint density at radius 3 is 2.17 bits per heavy atom. The first-order valence-corrected chi connectivity index (χ1v) is 13.2. The number of fused-ring (bicyclic) bond motifs is 1. The summed E-state index contributed by atoms with van der Waals surface area (Å²) in [5.41, 5.74) is 1.06. The number of urea groups is 1. The van der Waals surface area contributed by atoms with Crippen LogP contribution in [0.4, 0.5) is 10.5 Å². The fourth-order valence-electron chi connectivity index (χ4n) is 4.22. The van der Waals surface area contributed by atoms with Gasteiger partial charge in [-0.15, -0.1) is 0 Å². The van der Waals surface area contributed by atoms with Crippen molar-refractivity contribution >= 4 is 38.4 Å². The van der Waals surface area contributed by atoms with E-state index < -0.39 is 10.0 Å². The van der Waals surface area contributed by atoms with Crippen molar-refractivity contribution in [3.63, 3.8) is 0 Å². The Hall–Kier alpha value is -3.43. The van der Waals surface area contributed by atoms with E-state index in [9.17, 15) is 18.0 Å². The first-order valence-electron chi connectivity index (χ1n) is 11.7. The molecular formula is C26H30N4O4S. The second kappa shape index (κ2) is 10.5. The number of carbonyl (C=O) groups excluding carboxylic acids is 2. The molecule has 35 heavy (non-hydrogen) atoms. The van der Waals surface area contributed by atoms with Crippen LogP contribution >= 0.6 is 0 Å². The number of amides is 3. The second-order valence-corrected chi connectivity index (χ2v) is 10.6. The van der Waals surface area contributed by atoms with E-state index in [0.29, 0.717) is 48.0 Å². The number of likely N-dealkylation sites (tertiary alicyclic amines) is 1. The van der Waals surface area contributed by atoms with Gasteiger partial charge in [0.25, 0.3) is 5.91 Å². The standard InChI is InChI=1S/C26H30N4O4S/c1-18(2)27-26(32)30-16-14-20(15-17-30)29-35(33,34)24-13-12-23(21-10-6-7-11-22(21)24)28-25(31)19-8-4-3-5-9-19/h3-13,18,20,29H,14-17H2,1-2H3,(H,27,32)(H,28,31). The smallest absolute Gasteiger partial charge is 0.317 e. The predicted octanol–water partition coefficient (Wildman–Crippen LogP) is 3.95. The Morgan fingerprint density at radius 1 is 0.886 bits per heavy atom. The van der Waals surface area contributed by atoms with Crippen LogP contribution in [-0.2, 0) is 10.0 Å². The molecule has 1 aliphatic rings. The minimum atomic E-state index is -3.82. The summed E-state index contributed by atoms with van der Waals surface area (Å²) in [6.45, 7) is 4.77. The molecule has 1 fully saturated rings. The number of nitrogens with zero attached hydrogens (tertiary/aromatic N) is 1. The molecule has 184 valence electrons. The number of hydrogen-bond acceptors (Lipinski definition) is 4. The van der Waals surface area contributed by atoms with E-state index in [4.69, 9.17) is 0 Å². The van der Waals surface area contributed by atoms with Crippen LogP contribution in [0.5, 0.6) is 0 Å².